The first-order valence-electron chi connectivity index (χ1n) is 5.63. The van der Waals surface area contributed by atoms with Crippen LogP contribution in [0.3, 0.4) is 0 Å². The molecular formula is C11H19N3O2. The number of imidazole rings is 1. The summed E-state index contributed by atoms with van der Waals surface area (Å²) in [5.41, 5.74) is 6.55. The van der Waals surface area contributed by atoms with Gasteiger partial charge in [0.1, 0.15) is 6.04 Å². The number of nitrogens with one attached hydrogen (secondary N) is 1. The summed E-state index contributed by atoms with van der Waals surface area (Å²) in [6.07, 6.45) is 6.74. The lowest BCUT2D eigenvalue weighted by Gasteiger charge is -2.10. The highest BCUT2D eigenvalue weighted by atomic mass is 16.5. The summed E-state index contributed by atoms with van der Waals surface area (Å²) < 4.78 is 5.06. The Labute approximate surface area is 95.4 Å². The highest BCUT2D eigenvalue weighted by molar-refractivity contribution is 5.75. The predicted octanol–water partition coefficient (Wildman–Crippen LogP) is 1.01. The SMILES string of the molecule is CCCCCOC(=O)[C@H](N)Cc1cnc[nH]1. The van der Waals surface area contributed by atoms with Crippen molar-refractivity contribution in [3.8, 4) is 0 Å². The highest BCUT2D eigenvalue weighted by Crippen LogP contribution is 2.00. The summed E-state index contributed by atoms with van der Waals surface area (Å²) in [4.78, 5) is 18.2. The van der Waals surface area contributed by atoms with Crippen LogP contribution in [0.15, 0.2) is 12.5 Å². The van der Waals surface area contributed by atoms with Crippen LogP contribution in [0.2, 0.25) is 0 Å². The molecule has 0 amide bonds. The summed E-state index contributed by atoms with van der Waals surface area (Å²) in [5, 5.41) is 0. The van der Waals surface area contributed by atoms with Gasteiger partial charge in [0.05, 0.1) is 12.9 Å². The van der Waals surface area contributed by atoms with Crippen molar-refractivity contribution in [1.82, 2.24) is 9.97 Å². The molecule has 0 aliphatic rings. The van der Waals surface area contributed by atoms with Gasteiger partial charge in [-0.1, -0.05) is 19.8 Å². The van der Waals surface area contributed by atoms with Gasteiger partial charge < -0.3 is 15.5 Å². The number of aromatic amines is 1. The molecule has 90 valence electrons. The number of nitrogens with two attached hydrogens (primary N) is 1. The van der Waals surface area contributed by atoms with E-state index in [9.17, 15) is 4.79 Å². The lowest BCUT2D eigenvalue weighted by Crippen LogP contribution is -2.34. The molecule has 1 aromatic rings. The summed E-state index contributed by atoms with van der Waals surface area (Å²) in [6, 6.07) is -0.609. The van der Waals surface area contributed by atoms with E-state index in [2.05, 4.69) is 16.9 Å². The first kappa shape index (κ1) is 12.7. The third kappa shape index (κ3) is 4.44. The van der Waals surface area contributed by atoms with Crippen LogP contribution in [0.1, 0.15) is 31.9 Å². The van der Waals surface area contributed by atoms with Gasteiger partial charge >= 0.3 is 5.97 Å². The lowest BCUT2D eigenvalue weighted by molar-refractivity contribution is -0.145. The van der Waals surface area contributed by atoms with Crippen LogP contribution < -0.4 is 5.73 Å². The average Bonchev–Trinajstić information content (AvgIpc) is 2.76. The molecule has 0 aliphatic heterocycles. The molecule has 1 heterocycles. The Hall–Kier alpha value is -1.36. The third-order valence-corrected chi connectivity index (χ3v) is 2.29. The quantitative estimate of drug-likeness (QED) is 0.536. The van der Waals surface area contributed by atoms with Gasteiger partial charge in [0.15, 0.2) is 0 Å². The van der Waals surface area contributed by atoms with E-state index in [0.29, 0.717) is 13.0 Å². The maximum atomic E-state index is 11.5. The number of unbranched alkanes of at least 4 members (excludes halogenated alkanes) is 2. The van der Waals surface area contributed by atoms with E-state index in [1.165, 1.54) is 0 Å². The number of nitrogens with zero attached hydrogens (tertiary/aromatic N) is 1. The molecule has 0 unspecified atom stereocenters. The number of hydrogen-bond acceptors (Lipinski definition) is 4. The zero-order chi connectivity index (χ0) is 11.8. The van der Waals surface area contributed by atoms with E-state index in [4.69, 9.17) is 10.5 Å². The first-order valence-corrected chi connectivity index (χ1v) is 5.63. The van der Waals surface area contributed by atoms with Crippen molar-refractivity contribution in [3.63, 3.8) is 0 Å². The smallest absolute Gasteiger partial charge is 0.323 e. The normalized spacial score (nSPS) is 12.4. The van der Waals surface area contributed by atoms with Crippen LogP contribution in [0, 0.1) is 0 Å². The molecule has 16 heavy (non-hydrogen) atoms. The molecular weight excluding hydrogens is 206 g/mol. The maximum Gasteiger partial charge on any atom is 0.323 e. The number of hydrogen-bond donors (Lipinski definition) is 2. The largest absolute Gasteiger partial charge is 0.465 e. The molecule has 0 fully saturated rings. The molecule has 0 bridgehead atoms. The van der Waals surface area contributed by atoms with Crippen LogP contribution in [-0.4, -0.2) is 28.6 Å². The van der Waals surface area contributed by atoms with E-state index >= 15 is 0 Å². The zero-order valence-electron chi connectivity index (χ0n) is 9.61. The molecule has 5 heteroatoms. The highest BCUT2D eigenvalue weighted by Gasteiger charge is 2.15. The van der Waals surface area contributed by atoms with E-state index in [0.717, 1.165) is 25.0 Å². The van der Waals surface area contributed by atoms with Gasteiger partial charge in [-0.25, -0.2) is 4.98 Å². The Morgan fingerprint density at radius 2 is 2.44 bits per heavy atom. The van der Waals surface area contributed by atoms with Crippen molar-refractivity contribution in [2.24, 2.45) is 5.73 Å². The van der Waals surface area contributed by atoms with Crippen LogP contribution in [-0.2, 0) is 16.0 Å². The number of aromatic nitrogens is 2. The molecule has 0 aliphatic carbocycles. The second-order valence-corrected chi connectivity index (χ2v) is 3.76. The number of esters is 1. The number of carbonyl (C=O) groups is 1. The van der Waals surface area contributed by atoms with Gasteiger partial charge in [-0.05, 0) is 6.42 Å². The Bertz CT molecular complexity index is 298. The van der Waals surface area contributed by atoms with Gasteiger partial charge in [0, 0.05) is 18.3 Å². The van der Waals surface area contributed by atoms with Crippen molar-refractivity contribution in [1.29, 1.82) is 0 Å². The Kier molecular flexibility index (Phi) is 5.56. The molecule has 0 spiro atoms. The van der Waals surface area contributed by atoms with Crippen LogP contribution >= 0.6 is 0 Å². The van der Waals surface area contributed by atoms with Gasteiger partial charge in [0.25, 0.3) is 0 Å². The Morgan fingerprint density at radius 1 is 1.62 bits per heavy atom. The number of rotatable bonds is 7. The fourth-order valence-electron chi connectivity index (χ4n) is 1.35. The number of ether oxygens (including phenoxy) is 1. The lowest BCUT2D eigenvalue weighted by atomic mass is 10.2. The summed E-state index contributed by atoms with van der Waals surface area (Å²) in [5.74, 6) is -0.342. The topological polar surface area (TPSA) is 81.0 Å². The van der Waals surface area contributed by atoms with E-state index in [-0.39, 0.29) is 5.97 Å². The van der Waals surface area contributed by atoms with Crippen LogP contribution in [0.25, 0.3) is 0 Å². The van der Waals surface area contributed by atoms with Crippen LogP contribution in [0.5, 0.6) is 0 Å². The van der Waals surface area contributed by atoms with Crippen molar-refractivity contribution >= 4 is 5.97 Å². The summed E-state index contributed by atoms with van der Waals surface area (Å²) in [6.45, 7) is 2.56. The standard InChI is InChI=1S/C11H19N3O2/c1-2-3-4-5-16-11(15)10(12)6-9-7-13-8-14-9/h7-8,10H,2-6,12H2,1H3,(H,13,14)/t10-/m1/s1. The monoisotopic (exact) mass is 225 g/mol. The van der Waals surface area contributed by atoms with Crippen LogP contribution in [0.4, 0.5) is 0 Å². The van der Waals surface area contributed by atoms with Gasteiger partial charge in [-0.3, -0.25) is 4.79 Å². The summed E-state index contributed by atoms with van der Waals surface area (Å²) in [7, 11) is 0. The molecule has 0 saturated carbocycles. The van der Waals surface area contributed by atoms with E-state index in [1.54, 1.807) is 12.5 Å². The average molecular weight is 225 g/mol. The fraction of sp³-hybridized carbons (Fsp3) is 0.636. The molecule has 1 rings (SSSR count). The Balaban J connectivity index is 2.20. The minimum absolute atomic E-state index is 0.342. The predicted molar refractivity (Wildman–Crippen MR) is 60.8 cm³/mol. The second kappa shape index (κ2) is 7.00. The molecule has 0 radical (unpaired) electrons. The molecule has 5 nitrogen and oxygen atoms in total. The molecule has 0 aromatic carbocycles. The van der Waals surface area contributed by atoms with Crippen molar-refractivity contribution < 1.29 is 9.53 Å². The molecule has 1 atom stereocenters. The number of H-pyrrole nitrogens is 1. The van der Waals surface area contributed by atoms with Crippen molar-refractivity contribution in [2.75, 3.05) is 6.61 Å². The van der Waals surface area contributed by atoms with Gasteiger partial charge in [0.2, 0.25) is 0 Å². The minimum Gasteiger partial charge on any atom is -0.465 e. The number of carbonyl (C=O) groups excluding carboxylic acids is 1. The molecule has 1 aromatic heterocycles. The maximum absolute atomic E-state index is 11.5. The second-order valence-electron chi connectivity index (χ2n) is 3.76. The zero-order valence-corrected chi connectivity index (χ0v) is 9.61. The Morgan fingerprint density at radius 3 is 3.06 bits per heavy atom. The molecule has 3 N–H and O–H groups in total. The first-order chi connectivity index (χ1) is 7.74. The van der Waals surface area contributed by atoms with E-state index < -0.39 is 6.04 Å². The van der Waals surface area contributed by atoms with Gasteiger partial charge in [-0.15, -0.1) is 0 Å². The fourth-order valence-corrected chi connectivity index (χ4v) is 1.35. The molecule has 0 saturated heterocycles. The minimum atomic E-state index is -0.609. The van der Waals surface area contributed by atoms with Gasteiger partial charge in [-0.2, -0.15) is 0 Å². The third-order valence-electron chi connectivity index (χ3n) is 2.29. The summed E-state index contributed by atoms with van der Waals surface area (Å²) >= 11 is 0. The van der Waals surface area contributed by atoms with Crippen molar-refractivity contribution in [2.45, 2.75) is 38.6 Å². The van der Waals surface area contributed by atoms with E-state index in [1.807, 2.05) is 0 Å². The van der Waals surface area contributed by atoms with Crippen molar-refractivity contribution in [3.05, 3.63) is 18.2 Å².